The van der Waals surface area contributed by atoms with Crippen LogP contribution in [0.2, 0.25) is 0 Å². The maximum absolute atomic E-state index is 13.6. The summed E-state index contributed by atoms with van der Waals surface area (Å²) in [5.74, 6) is 0.0912. The summed E-state index contributed by atoms with van der Waals surface area (Å²) >= 11 is 0. The van der Waals surface area contributed by atoms with E-state index in [-0.39, 0.29) is 42.3 Å². The van der Waals surface area contributed by atoms with Crippen molar-refractivity contribution in [2.24, 2.45) is 34.5 Å². The van der Waals surface area contributed by atoms with Crippen molar-refractivity contribution in [1.29, 1.82) is 0 Å². The van der Waals surface area contributed by atoms with Crippen LogP contribution in [0.5, 0.6) is 0 Å². The number of likely N-dealkylation sites (tertiary alicyclic amines) is 1. The van der Waals surface area contributed by atoms with Crippen LogP contribution in [0.15, 0.2) is 11.6 Å². The van der Waals surface area contributed by atoms with Crippen LogP contribution in [0, 0.1) is 34.5 Å². The van der Waals surface area contributed by atoms with Crippen molar-refractivity contribution in [3.8, 4) is 0 Å². The van der Waals surface area contributed by atoms with Crippen molar-refractivity contribution in [1.82, 2.24) is 4.90 Å². The summed E-state index contributed by atoms with van der Waals surface area (Å²) in [6, 6.07) is 0. The predicted octanol–water partition coefficient (Wildman–Crippen LogP) is 1.85. The fourth-order valence-corrected chi connectivity index (χ4v) is 8.83. The smallest absolute Gasteiger partial charge is 0.159 e. The quantitative estimate of drug-likeness (QED) is 0.465. The Morgan fingerprint density at radius 3 is 2.46 bits per heavy atom. The molecule has 1 aliphatic heterocycles. The molecule has 5 rings (SSSR count). The summed E-state index contributed by atoms with van der Waals surface area (Å²) in [6.45, 7) is 6.48. The van der Waals surface area contributed by atoms with Gasteiger partial charge < -0.3 is 20.4 Å². The molecule has 5 aliphatic rings. The van der Waals surface area contributed by atoms with E-state index >= 15 is 0 Å². The Labute approximate surface area is 208 Å². The van der Waals surface area contributed by atoms with E-state index in [1.165, 1.54) is 0 Å². The Morgan fingerprint density at radius 1 is 1.06 bits per heavy atom. The summed E-state index contributed by atoms with van der Waals surface area (Å²) in [7, 11) is 0. The zero-order chi connectivity index (χ0) is 25.2. The largest absolute Gasteiger partial charge is 0.396 e. The first kappa shape index (κ1) is 25.5. The van der Waals surface area contributed by atoms with Gasteiger partial charge in [0.15, 0.2) is 11.6 Å². The van der Waals surface area contributed by atoms with Gasteiger partial charge in [-0.05, 0) is 99.8 Å². The Morgan fingerprint density at radius 2 is 1.77 bits per heavy atom. The Bertz CT molecular complexity index is 896. The summed E-state index contributed by atoms with van der Waals surface area (Å²) in [6.07, 6.45) is 6.01. The van der Waals surface area contributed by atoms with E-state index in [0.717, 1.165) is 50.8 Å². The number of aliphatic hydroxyl groups excluding tert-OH is 3. The molecule has 7 heteroatoms. The van der Waals surface area contributed by atoms with Gasteiger partial charge in [0, 0.05) is 23.9 Å². The van der Waals surface area contributed by atoms with Crippen molar-refractivity contribution in [3.63, 3.8) is 0 Å². The predicted molar refractivity (Wildman–Crippen MR) is 130 cm³/mol. The molecule has 0 bridgehead atoms. The van der Waals surface area contributed by atoms with E-state index in [1.54, 1.807) is 6.08 Å². The highest BCUT2D eigenvalue weighted by molar-refractivity contribution is 5.95. The van der Waals surface area contributed by atoms with Gasteiger partial charge in [-0.25, -0.2) is 0 Å². The fraction of sp³-hybridized carbons (Fsp3) is 0.857. The number of nitrogens with zero attached hydrogens (tertiary/aromatic N) is 1. The molecule has 0 amide bonds. The lowest BCUT2D eigenvalue weighted by Crippen LogP contribution is -2.61. The molecule has 4 N–H and O–H groups in total. The molecule has 3 saturated carbocycles. The van der Waals surface area contributed by atoms with Crippen LogP contribution >= 0.6 is 0 Å². The highest BCUT2D eigenvalue weighted by Crippen LogP contribution is 2.67. The van der Waals surface area contributed by atoms with Crippen LogP contribution in [-0.2, 0) is 9.59 Å². The number of ketones is 2. The first-order valence-electron chi connectivity index (χ1n) is 13.7. The minimum absolute atomic E-state index is 0.0233. The number of Topliss-reactive ketones (excluding diaryl/α,β-unsaturated/α-hetero) is 1. The molecular weight excluding hydrogens is 446 g/mol. The van der Waals surface area contributed by atoms with Crippen LogP contribution in [0.1, 0.15) is 71.6 Å². The second-order valence-corrected chi connectivity index (χ2v) is 12.8. The molecule has 0 aromatic rings. The second kappa shape index (κ2) is 9.02. The van der Waals surface area contributed by atoms with Gasteiger partial charge in [-0.15, -0.1) is 0 Å². The zero-order valence-corrected chi connectivity index (χ0v) is 21.3. The average molecular weight is 490 g/mol. The number of rotatable bonds is 5. The van der Waals surface area contributed by atoms with E-state index in [9.17, 15) is 30.0 Å². The van der Waals surface area contributed by atoms with Gasteiger partial charge in [-0.1, -0.05) is 13.8 Å². The average Bonchev–Trinajstić information content (AvgIpc) is 3.09. The highest BCUT2D eigenvalue weighted by atomic mass is 16.3. The molecule has 0 radical (unpaired) electrons. The Balaban J connectivity index is 1.35. The van der Waals surface area contributed by atoms with Gasteiger partial charge in [-0.3, -0.25) is 14.5 Å². The molecule has 35 heavy (non-hydrogen) atoms. The van der Waals surface area contributed by atoms with Gasteiger partial charge in [0.1, 0.15) is 0 Å². The van der Waals surface area contributed by atoms with Gasteiger partial charge >= 0.3 is 0 Å². The molecule has 0 aromatic carbocycles. The van der Waals surface area contributed by atoms with Crippen LogP contribution in [-0.4, -0.2) is 80.9 Å². The SMILES string of the molecule is CC12CC(O)C(O)CC1C(=O)C=C1C2CCC2(C)C(C(=O)CN3CCC(CCO)CC3)CCC12O. The summed E-state index contributed by atoms with van der Waals surface area (Å²) in [4.78, 5) is 29.1. The number of hydrogen-bond donors (Lipinski definition) is 4. The number of carbonyl (C=O) groups excluding carboxylic acids is 2. The topological polar surface area (TPSA) is 118 Å². The number of fused-ring (bicyclic) bond motifs is 5. The van der Waals surface area contributed by atoms with E-state index in [0.29, 0.717) is 31.7 Å². The van der Waals surface area contributed by atoms with E-state index in [2.05, 4.69) is 4.90 Å². The van der Waals surface area contributed by atoms with Crippen molar-refractivity contribution < 1.29 is 30.0 Å². The fourth-order valence-electron chi connectivity index (χ4n) is 8.83. The maximum atomic E-state index is 13.6. The first-order valence-corrected chi connectivity index (χ1v) is 13.7. The molecule has 7 nitrogen and oxygen atoms in total. The summed E-state index contributed by atoms with van der Waals surface area (Å²) in [5.41, 5.74) is -1.50. The number of aliphatic hydroxyl groups is 4. The van der Waals surface area contributed by atoms with Gasteiger partial charge in [0.25, 0.3) is 0 Å². The molecule has 8 unspecified atom stereocenters. The molecule has 4 fully saturated rings. The Kier molecular flexibility index (Phi) is 6.58. The minimum Gasteiger partial charge on any atom is -0.396 e. The molecular formula is C28H43NO6. The minimum atomic E-state index is -1.19. The number of carbonyl (C=O) groups is 2. The van der Waals surface area contributed by atoms with Gasteiger partial charge in [0.2, 0.25) is 0 Å². The third kappa shape index (κ3) is 3.88. The highest BCUT2D eigenvalue weighted by Gasteiger charge is 2.67. The third-order valence-corrected chi connectivity index (χ3v) is 11.1. The molecule has 1 saturated heterocycles. The van der Waals surface area contributed by atoms with Crippen LogP contribution in [0.3, 0.4) is 0 Å². The van der Waals surface area contributed by atoms with Gasteiger partial charge in [0.05, 0.1) is 24.4 Å². The van der Waals surface area contributed by atoms with E-state index in [1.807, 2.05) is 13.8 Å². The molecule has 4 aliphatic carbocycles. The van der Waals surface area contributed by atoms with Crippen LogP contribution < -0.4 is 0 Å². The molecule has 0 spiro atoms. The zero-order valence-electron chi connectivity index (χ0n) is 21.3. The summed E-state index contributed by atoms with van der Waals surface area (Å²) < 4.78 is 0. The molecule has 0 aromatic heterocycles. The van der Waals surface area contributed by atoms with E-state index in [4.69, 9.17) is 0 Å². The molecule has 8 atom stereocenters. The monoisotopic (exact) mass is 489 g/mol. The number of piperidine rings is 1. The lowest BCUT2D eigenvalue weighted by molar-refractivity contribution is -0.154. The van der Waals surface area contributed by atoms with E-state index < -0.39 is 28.6 Å². The third-order valence-electron chi connectivity index (χ3n) is 11.1. The second-order valence-electron chi connectivity index (χ2n) is 12.8. The molecule has 196 valence electrons. The van der Waals surface area contributed by atoms with Crippen molar-refractivity contribution in [2.75, 3.05) is 26.2 Å². The van der Waals surface area contributed by atoms with Crippen molar-refractivity contribution >= 4 is 11.6 Å². The first-order chi connectivity index (χ1) is 16.5. The number of allylic oxidation sites excluding steroid dienone is 1. The van der Waals surface area contributed by atoms with Crippen molar-refractivity contribution in [2.45, 2.75) is 89.4 Å². The van der Waals surface area contributed by atoms with Crippen LogP contribution in [0.25, 0.3) is 0 Å². The standard InChI is InChI=1S/C28H43NO6/c1-26-15-24(33)23(32)14-21(26)22(31)13-20-18(26)3-8-27(2)19(4-9-28(20,27)35)25(34)16-29-10-5-17(6-11-29)7-12-30/h13,17-19,21,23-24,30,32-33,35H,3-12,14-16H2,1-2H3. The maximum Gasteiger partial charge on any atom is 0.159 e. The number of hydrogen-bond acceptors (Lipinski definition) is 7. The van der Waals surface area contributed by atoms with Crippen LogP contribution in [0.4, 0.5) is 0 Å². The van der Waals surface area contributed by atoms with Gasteiger partial charge in [-0.2, -0.15) is 0 Å². The lowest BCUT2D eigenvalue weighted by Gasteiger charge is -2.59. The Hall–Kier alpha value is -1.12. The molecule has 1 heterocycles. The van der Waals surface area contributed by atoms with Crippen molar-refractivity contribution in [3.05, 3.63) is 11.6 Å². The summed E-state index contributed by atoms with van der Waals surface area (Å²) in [5, 5.41) is 42.1. The normalized spacial score (nSPS) is 46.5. The lowest BCUT2D eigenvalue weighted by atomic mass is 9.46.